The number of amides is 5. The zero-order valence-electron chi connectivity index (χ0n) is 15.2. The number of rotatable bonds is 5. The highest BCUT2D eigenvalue weighted by atomic mass is 16.6. The van der Waals surface area contributed by atoms with Crippen molar-refractivity contribution < 1.29 is 28.7 Å². The molecule has 0 radical (unpaired) electrons. The van der Waals surface area contributed by atoms with E-state index in [1.54, 1.807) is 13.8 Å². The van der Waals surface area contributed by atoms with Crippen LogP contribution < -0.4 is 11.1 Å². The molecule has 9 heteroatoms. The molecule has 1 saturated heterocycles. The summed E-state index contributed by atoms with van der Waals surface area (Å²) in [5.41, 5.74) is 4.92. The van der Waals surface area contributed by atoms with E-state index in [1.165, 1.54) is 6.92 Å². The molecule has 9 nitrogen and oxygen atoms in total. The van der Waals surface area contributed by atoms with Crippen molar-refractivity contribution in [2.45, 2.75) is 58.6 Å². The number of fused-ring (bicyclic) bond motifs is 1. The van der Waals surface area contributed by atoms with Crippen LogP contribution in [0.5, 0.6) is 0 Å². The average molecular weight is 367 g/mol. The van der Waals surface area contributed by atoms with Crippen LogP contribution in [0.4, 0.5) is 4.79 Å². The first kappa shape index (κ1) is 19.9. The summed E-state index contributed by atoms with van der Waals surface area (Å²) in [6.07, 6.45) is 1.80. The summed E-state index contributed by atoms with van der Waals surface area (Å²) in [6, 6.07) is -2.19. The highest BCUT2D eigenvalue weighted by Crippen LogP contribution is 2.39. The largest absolute Gasteiger partial charge is 0.450 e. The maximum absolute atomic E-state index is 12.6. The Morgan fingerprint density at radius 1 is 1.08 bits per heavy atom. The fraction of sp³-hybridized carbons (Fsp3) is 0.706. The third-order valence-electron chi connectivity index (χ3n) is 4.96. The number of carbonyl (C=O) groups is 5. The molecule has 2 rings (SSSR count). The molecular weight excluding hydrogens is 342 g/mol. The number of primary amides is 1. The number of carbonyl (C=O) groups excluding carboxylic acids is 5. The van der Waals surface area contributed by atoms with Crippen molar-refractivity contribution in [1.82, 2.24) is 10.2 Å². The summed E-state index contributed by atoms with van der Waals surface area (Å²) < 4.78 is 5.19. The van der Waals surface area contributed by atoms with Crippen molar-refractivity contribution in [2.24, 2.45) is 23.5 Å². The summed E-state index contributed by atoms with van der Waals surface area (Å²) in [5.74, 6) is -3.60. The van der Waals surface area contributed by atoms with E-state index in [1.807, 2.05) is 5.32 Å². The molecule has 1 aliphatic carbocycles. The maximum Gasteiger partial charge on any atom is 0.329 e. The number of nitrogens with zero attached hydrogens (tertiary/aromatic N) is 1. The quantitative estimate of drug-likeness (QED) is 0.530. The molecule has 0 aromatic heterocycles. The van der Waals surface area contributed by atoms with Crippen LogP contribution >= 0.6 is 0 Å². The minimum atomic E-state index is -1.26. The number of hydrogen-bond donors (Lipinski definition) is 2. The van der Waals surface area contributed by atoms with Gasteiger partial charge in [0, 0.05) is 0 Å². The van der Waals surface area contributed by atoms with Crippen LogP contribution in [-0.2, 0) is 23.9 Å². The van der Waals surface area contributed by atoms with Gasteiger partial charge in [0.05, 0.1) is 11.8 Å². The van der Waals surface area contributed by atoms with Crippen LogP contribution in [0.15, 0.2) is 0 Å². The van der Waals surface area contributed by atoms with Crippen molar-refractivity contribution >= 4 is 29.7 Å². The van der Waals surface area contributed by atoms with Crippen molar-refractivity contribution in [3.63, 3.8) is 0 Å². The van der Waals surface area contributed by atoms with E-state index in [0.717, 1.165) is 17.7 Å². The lowest BCUT2D eigenvalue weighted by Gasteiger charge is -2.25. The fourth-order valence-electron chi connectivity index (χ4n) is 3.58. The first-order valence-corrected chi connectivity index (χ1v) is 8.82. The van der Waals surface area contributed by atoms with Gasteiger partial charge in [-0.3, -0.25) is 24.6 Å². The summed E-state index contributed by atoms with van der Waals surface area (Å²) in [4.78, 5) is 61.4. The Morgan fingerprint density at radius 3 is 2.00 bits per heavy atom. The number of ether oxygens (including phenoxy) is 1. The normalized spacial score (nSPS) is 24.8. The van der Waals surface area contributed by atoms with Crippen molar-refractivity contribution in [3.8, 4) is 0 Å². The average Bonchev–Trinajstić information content (AvgIpc) is 2.82. The molecule has 0 spiro atoms. The highest BCUT2D eigenvalue weighted by molar-refractivity contribution is 6.08. The minimum absolute atomic E-state index is 0.355. The molecule has 1 heterocycles. The van der Waals surface area contributed by atoms with E-state index in [4.69, 9.17) is 10.5 Å². The van der Waals surface area contributed by atoms with Crippen LogP contribution in [0.3, 0.4) is 0 Å². The molecule has 1 saturated carbocycles. The zero-order valence-corrected chi connectivity index (χ0v) is 15.2. The lowest BCUT2D eigenvalue weighted by Crippen LogP contribution is -2.49. The molecule has 1 aliphatic heterocycles. The second-order valence-electron chi connectivity index (χ2n) is 7.17. The Hall–Kier alpha value is -2.45. The van der Waals surface area contributed by atoms with Gasteiger partial charge in [0.2, 0.25) is 11.8 Å². The van der Waals surface area contributed by atoms with Crippen LogP contribution in [0.2, 0.25) is 0 Å². The number of imide groups is 2. The van der Waals surface area contributed by atoms with E-state index in [9.17, 15) is 24.0 Å². The molecule has 144 valence electrons. The summed E-state index contributed by atoms with van der Waals surface area (Å²) in [5, 5.41) is 1.87. The topological polar surface area (TPSA) is 136 Å². The second-order valence-corrected chi connectivity index (χ2v) is 7.17. The predicted molar refractivity (Wildman–Crippen MR) is 89.2 cm³/mol. The Labute approximate surface area is 151 Å². The molecule has 2 aliphatic rings. The second kappa shape index (κ2) is 7.84. The molecular formula is C17H25N3O6. The number of nitrogens with two attached hydrogens (primary N) is 1. The SMILES string of the molecule is CC(C)[C@@H](OC(=O)[C@H](C)N1C(=O)[C@H]2CCCC[C@H]2C1=O)C(=O)NC(N)=O. The first-order valence-electron chi connectivity index (χ1n) is 8.82. The smallest absolute Gasteiger partial charge is 0.329 e. The van der Waals surface area contributed by atoms with E-state index in [-0.39, 0.29) is 23.7 Å². The highest BCUT2D eigenvalue weighted by Gasteiger charge is 2.51. The number of esters is 1. The van der Waals surface area contributed by atoms with Gasteiger partial charge in [0.15, 0.2) is 6.10 Å². The van der Waals surface area contributed by atoms with Gasteiger partial charge in [-0.25, -0.2) is 9.59 Å². The van der Waals surface area contributed by atoms with E-state index >= 15 is 0 Å². The first-order chi connectivity index (χ1) is 12.1. The van der Waals surface area contributed by atoms with Gasteiger partial charge in [-0.1, -0.05) is 26.7 Å². The van der Waals surface area contributed by atoms with E-state index < -0.39 is 36.0 Å². The molecule has 3 N–H and O–H groups in total. The Bertz CT molecular complexity index is 608. The molecule has 26 heavy (non-hydrogen) atoms. The fourth-order valence-corrected chi connectivity index (χ4v) is 3.58. The monoisotopic (exact) mass is 367 g/mol. The third-order valence-corrected chi connectivity index (χ3v) is 4.96. The van der Waals surface area contributed by atoms with Gasteiger partial charge in [-0.2, -0.15) is 0 Å². The number of nitrogens with one attached hydrogen (secondary N) is 1. The molecule has 0 bridgehead atoms. The van der Waals surface area contributed by atoms with Gasteiger partial charge in [0.1, 0.15) is 6.04 Å². The van der Waals surface area contributed by atoms with Crippen LogP contribution in [0.25, 0.3) is 0 Å². The number of likely N-dealkylation sites (tertiary alicyclic amines) is 1. The Morgan fingerprint density at radius 2 is 1.58 bits per heavy atom. The lowest BCUT2D eigenvalue weighted by atomic mass is 9.81. The minimum Gasteiger partial charge on any atom is -0.450 e. The Balaban J connectivity index is 2.10. The number of hydrogen-bond acceptors (Lipinski definition) is 6. The van der Waals surface area contributed by atoms with Crippen LogP contribution in [-0.4, -0.2) is 46.8 Å². The summed E-state index contributed by atoms with van der Waals surface area (Å²) in [6.45, 7) is 4.66. The van der Waals surface area contributed by atoms with Gasteiger partial charge in [-0.05, 0) is 25.7 Å². The Kier molecular flexibility index (Phi) is 5.99. The van der Waals surface area contributed by atoms with Gasteiger partial charge < -0.3 is 10.5 Å². The van der Waals surface area contributed by atoms with Crippen molar-refractivity contribution in [2.75, 3.05) is 0 Å². The van der Waals surface area contributed by atoms with E-state index in [2.05, 4.69) is 0 Å². The predicted octanol–water partition coefficient (Wildman–Crippen LogP) is 0.313. The molecule has 0 aromatic carbocycles. The number of urea groups is 1. The van der Waals surface area contributed by atoms with Gasteiger partial charge >= 0.3 is 12.0 Å². The van der Waals surface area contributed by atoms with E-state index in [0.29, 0.717) is 12.8 Å². The third kappa shape index (κ3) is 3.86. The molecule has 5 amide bonds. The van der Waals surface area contributed by atoms with Crippen molar-refractivity contribution in [1.29, 1.82) is 0 Å². The summed E-state index contributed by atoms with van der Waals surface area (Å²) >= 11 is 0. The van der Waals surface area contributed by atoms with Gasteiger partial charge in [-0.15, -0.1) is 0 Å². The molecule has 2 fully saturated rings. The molecule has 0 aromatic rings. The van der Waals surface area contributed by atoms with Crippen LogP contribution in [0.1, 0.15) is 46.5 Å². The zero-order chi connectivity index (χ0) is 19.6. The summed E-state index contributed by atoms with van der Waals surface area (Å²) in [7, 11) is 0. The van der Waals surface area contributed by atoms with Crippen molar-refractivity contribution in [3.05, 3.63) is 0 Å². The lowest BCUT2D eigenvalue weighted by molar-refractivity contribution is -0.166. The van der Waals surface area contributed by atoms with Gasteiger partial charge in [0.25, 0.3) is 5.91 Å². The standard InChI is InChI=1S/C17H25N3O6/c1-8(2)12(13(21)19-17(18)25)26-16(24)9(3)20-14(22)10-6-4-5-7-11(10)15(20)23/h8-12H,4-7H2,1-3H3,(H3,18,19,21,25)/t9-,10-,11+,12+/m0/s1. The molecule has 4 atom stereocenters. The molecule has 0 unspecified atom stereocenters. The maximum atomic E-state index is 12.6. The van der Waals surface area contributed by atoms with Crippen LogP contribution in [0, 0.1) is 17.8 Å².